The van der Waals surface area contributed by atoms with Gasteiger partial charge in [-0.3, -0.25) is 0 Å². The van der Waals surface area contributed by atoms with Crippen molar-refractivity contribution in [2.24, 2.45) is 0 Å². The quantitative estimate of drug-likeness (QED) is 0.833. The Labute approximate surface area is 117 Å². The highest BCUT2D eigenvalue weighted by atomic mass is 16.5. The van der Waals surface area contributed by atoms with Crippen LogP contribution in [0.4, 0.5) is 0 Å². The summed E-state index contributed by atoms with van der Waals surface area (Å²) in [6.45, 7) is 16.8. The van der Waals surface area contributed by atoms with Gasteiger partial charge in [-0.15, -0.1) is 0 Å². The van der Waals surface area contributed by atoms with Crippen LogP contribution in [0.25, 0.3) is 0 Å². The van der Waals surface area contributed by atoms with E-state index in [1.165, 1.54) is 5.56 Å². The molecule has 0 aliphatic rings. The highest BCUT2D eigenvalue weighted by Gasteiger charge is 2.25. The Morgan fingerprint density at radius 1 is 0.947 bits per heavy atom. The van der Waals surface area contributed by atoms with Crippen LogP contribution in [0.3, 0.4) is 0 Å². The van der Waals surface area contributed by atoms with Gasteiger partial charge in [0.15, 0.2) is 11.5 Å². The second-order valence-electron chi connectivity index (χ2n) is 7.54. The summed E-state index contributed by atoms with van der Waals surface area (Å²) >= 11 is 0. The minimum Gasteiger partial charge on any atom is -0.504 e. The van der Waals surface area contributed by atoms with E-state index in [-0.39, 0.29) is 22.7 Å². The molecule has 1 N–H and O–H groups in total. The molecule has 2 nitrogen and oxygen atoms in total. The number of hydrogen-bond acceptors (Lipinski definition) is 2. The molecule has 0 aliphatic heterocycles. The average Bonchev–Trinajstić information content (AvgIpc) is 2.16. The second-order valence-corrected chi connectivity index (χ2v) is 7.54. The van der Waals surface area contributed by atoms with Crippen molar-refractivity contribution in [1.82, 2.24) is 0 Å². The van der Waals surface area contributed by atoms with Gasteiger partial charge >= 0.3 is 0 Å². The summed E-state index contributed by atoms with van der Waals surface area (Å²) in [4.78, 5) is 0. The van der Waals surface area contributed by atoms with Gasteiger partial charge in [0.05, 0.1) is 6.10 Å². The van der Waals surface area contributed by atoms with Crippen LogP contribution in [0.15, 0.2) is 12.1 Å². The Hall–Kier alpha value is -1.18. The highest BCUT2D eigenvalue weighted by molar-refractivity contribution is 5.52. The maximum atomic E-state index is 10.4. The predicted octanol–water partition coefficient (Wildman–Crippen LogP) is 4.77. The van der Waals surface area contributed by atoms with Crippen LogP contribution in [-0.4, -0.2) is 11.2 Å². The second kappa shape index (κ2) is 5.07. The molecule has 0 saturated carbocycles. The van der Waals surface area contributed by atoms with Gasteiger partial charge in [-0.1, -0.05) is 47.6 Å². The molecule has 1 rings (SSSR count). The van der Waals surface area contributed by atoms with E-state index in [2.05, 4.69) is 47.6 Å². The first-order chi connectivity index (χ1) is 8.43. The third-order valence-corrected chi connectivity index (χ3v) is 3.11. The van der Waals surface area contributed by atoms with E-state index in [0.29, 0.717) is 5.75 Å². The van der Waals surface area contributed by atoms with E-state index >= 15 is 0 Å². The normalized spacial score (nSPS) is 12.9. The molecule has 108 valence electrons. The number of phenols is 1. The number of hydrogen-bond donors (Lipinski definition) is 1. The molecular formula is C17H28O2. The zero-order valence-corrected chi connectivity index (χ0v) is 13.6. The molecule has 0 aromatic heterocycles. The minimum atomic E-state index is -0.111. The lowest BCUT2D eigenvalue weighted by molar-refractivity contribution is 0.229. The summed E-state index contributed by atoms with van der Waals surface area (Å²) in [5.41, 5.74) is 2.05. The maximum Gasteiger partial charge on any atom is 0.161 e. The summed E-state index contributed by atoms with van der Waals surface area (Å²) < 4.78 is 5.77. The molecule has 0 fully saturated rings. The van der Waals surface area contributed by atoms with Gasteiger partial charge in [-0.25, -0.2) is 0 Å². The smallest absolute Gasteiger partial charge is 0.161 e. The standard InChI is InChI=1S/C17H28O2/c1-11(2)19-14-10-12(16(3,4)5)9-13(15(14)18)17(6,7)8/h9-11,18H,1-8H3. The van der Waals surface area contributed by atoms with Crippen molar-refractivity contribution in [3.05, 3.63) is 23.3 Å². The van der Waals surface area contributed by atoms with Crippen LogP contribution in [0.5, 0.6) is 11.5 Å². The van der Waals surface area contributed by atoms with E-state index in [1.54, 1.807) is 0 Å². The largest absolute Gasteiger partial charge is 0.504 e. The van der Waals surface area contributed by atoms with Gasteiger partial charge in [-0.05, 0) is 36.3 Å². The Bertz CT molecular complexity index is 446. The zero-order valence-electron chi connectivity index (χ0n) is 13.6. The molecule has 0 unspecified atom stereocenters. The lowest BCUT2D eigenvalue weighted by Gasteiger charge is -2.27. The molecule has 1 aromatic carbocycles. The van der Waals surface area contributed by atoms with E-state index in [9.17, 15) is 5.11 Å². The fourth-order valence-electron chi connectivity index (χ4n) is 1.96. The molecule has 0 bridgehead atoms. The SMILES string of the molecule is CC(C)Oc1cc(C(C)(C)C)cc(C(C)(C)C)c1O. The summed E-state index contributed by atoms with van der Waals surface area (Å²) in [6, 6.07) is 4.06. The first-order valence-corrected chi connectivity index (χ1v) is 6.97. The first-order valence-electron chi connectivity index (χ1n) is 6.97. The molecule has 1 aromatic rings. The number of phenolic OH excluding ortho intramolecular Hbond substituents is 1. The number of benzene rings is 1. The molecule has 19 heavy (non-hydrogen) atoms. The van der Waals surface area contributed by atoms with Gasteiger partial charge < -0.3 is 9.84 Å². The molecular weight excluding hydrogens is 236 g/mol. The van der Waals surface area contributed by atoms with E-state index < -0.39 is 0 Å². The van der Waals surface area contributed by atoms with Crippen molar-refractivity contribution in [2.75, 3.05) is 0 Å². The Balaban J connectivity index is 3.48. The van der Waals surface area contributed by atoms with E-state index in [0.717, 1.165) is 5.56 Å². The summed E-state index contributed by atoms with van der Waals surface area (Å²) in [5.74, 6) is 0.863. The third kappa shape index (κ3) is 3.89. The maximum absolute atomic E-state index is 10.4. The Morgan fingerprint density at radius 2 is 1.47 bits per heavy atom. The van der Waals surface area contributed by atoms with E-state index in [1.807, 2.05) is 19.9 Å². The summed E-state index contributed by atoms with van der Waals surface area (Å²) in [6.07, 6.45) is 0.0499. The lowest BCUT2D eigenvalue weighted by atomic mass is 9.80. The summed E-state index contributed by atoms with van der Waals surface area (Å²) in [7, 11) is 0. The topological polar surface area (TPSA) is 29.5 Å². The van der Waals surface area contributed by atoms with Gasteiger partial charge in [0.2, 0.25) is 0 Å². The van der Waals surface area contributed by atoms with Crippen molar-refractivity contribution in [3.8, 4) is 11.5 Å². The fraction of sp³-hybridized carbons (Fsp3) is 0.647. The molecule has 0 amide bonds. The number of aromatic hydroxyl groups is 1. The molecule has 2 heteroatoms. The molecule has 0 heterocycles. The fourth-order valence-corrected chi connectivity index (χ4v) is 1.96. The van der Waals surface area contributed by atoms with Crippen molar-refractivity contribution < 1.29 is 9.84 Å². The molecule has 0 aliphatic carbocycles. The lowest BCUT2D eigenvalue weighted by Crippen LogP contribution is -2.18. The van der Waals surface area contributed by atoms with Crippen LogP contribution in [0.1, 0.15) is 66.5 Å². The molecule has 0 spiro atoms. The van der Waals surface area contributed by atoms with Crippen LogP contribution >= 0.6 is 0 Å². The van der Waals surface area contributed by atoms with Gasteiger partial charge in [0.25, 0.3) is 0 Å². The molecule has 0 atom stereocenters. The number of ether oxygens (including phenoxy) is 1. The van der Waals surface area contributed by atoms with Crippen LogP contribution in [-0.2, 0) is 10.8 Å². The van der Waals surface area contributed by atoms with Crippen molar-refractivity contribution in [3.63, 3.8) is 0 Å². The predicted molar refractivity (Wildman–Crippen MR) is 81.3 cm³/mol. The minimum absolute atomic E-state index is 0.0305. The van der Waals surface area contributed by atoms with Gasteiger partial charge in [-0.2, -0.15) is 0 Å². The Morgan fingerprint density at radius 3 is 1.84 bits per heavy atom. The molecule has 0 radical (unpaired) electrons. The van der Waals surface area contributed by atoms with E-state index in [4.69, 9.17) is 4.74 Å². The van der Waals surface area contributed by atoms with Crippen LogP contribution in [0, 0.1) is 0 Å². The zero-order chi connectivity index (χ0) is 15.0. The monoisotopic (exact) mass is 264 g/mol. The van der Waals surface area contributed by atoms with Crippen LogP contribution < -0.4 is 4.74 Å². The highest BCUT2D eigenvalue weighted by Crippen LogP contribution is 2.41. The number of rotatable bonds is 2. The average molecular weight is 264 g/mol. The van der Waals surface area contributed by atoms with Crippen LogP contribution in [0.2, 0.25) is 0 Å². The van der Waals surface area contributed by atoms with Crippen molar-refractivity contribution in [2.45, 2.75) is 72.3 Å². The Kier molecular flexibility index (Phi) is 4.23. The van der Waals surface area contributed by atoms with Gasteiger partial charge in [0.1, 0.15) is 0 Å². The van der Waals surface area contributed by atoms with Crippen molar-refractivity contribution >= 4 is 0 Å². The van der Waals surface area contributed by atoms with Crippen molar-refractivity contribution in [1.29, 1.82) is 0 Å². The molecule has 0 saturated heterocycles. The third-order valence-electron chi connectivity index (χ3n) is 3.11. The first kappa shape index (κ1) is 15.9. The summed E-state index contributed by atoms with van der Waals surface area (Å²) in [5, 5.41) is 10.4. The van der Waals surface area contributed by atoms with Gasteiger partial charge in [0, 0.05) is 5.56 Å².